The number of rotatable bonds is 5. The number of carbonyl (C=O) groups is 1. The van der Waals surface area contributed by atoms with Crippen LogP contribution in [-0.4, -0.2) is 30.4 Å². The predicted octanol–water partition coefficient (Wildman–Crippen LogP) is 2.16. The van der Waals surface area contributed by atoms with Crippen LogP contribution in [0, 0.1) is 0 Å². The van der Waals surface area contributed by atoms with E-state index in [1.54, 1.807) is 6.26 Å². The lowest BCUT2D eigenvalue weighted by molar-refractivity contribution is -0.131. The highest BCUT2D eigenvalue weighted by Gasteiger charge is 2.21. The van der Waals surface area contributed by atoms with Crippen LogP contribution >= 0.6 is 0 Å². The lowest BCUT2D eigenvalue weighted by Gasteiger charge is -2.31. The molecule has 1 aromatic rings. The van der Waals surface area contributed by atoms with E-state index < -0.39 is 0 Å². The van der Waals surface area contributed by atoms with Crippen molar-refractivity contribution in [2.45, 2.75) is 44.7 Å². The van der Waals surface area contributed by atoms with Gasteiger partial charge in [0.05, 0.1) is 19.4 Å². The molecule has 1 N–H and O–H groups in total. The van der Waals surface area contributed by atoms with Gasteiger partial charge in [0.25, 0.3) is 0 Å². The van der Waals surface area contributed by atoms with Crippen LogP contribution in [0.1, 0.15) is 37.9 Å². The number of carbonyl (C=O) groups excluding carboxylic acids is 1. The Bertz CT molecular complexity index is 356. The molecule has 1 aliphatic rings. The maximum atomic E-state index is 12.0. The molecule has 1 saturated carbocycles. The van der Waals surface area contributed by atoms with Gasteiger partial charge in [-0.15, -0.1) is 0 Å². The Kier molecular flexibility index (Phi) is 4.81. The maximum absolute atomic E-state index is 12.0. The van der Waals surface area contributed by atoms with Gasteiger partial charge in [-0.1, -0.05) is 19.3 Å². The summed E-state index contributed by atoms with van der Waals surface area (Å²) < 4.78 is 5.20. The third-order valence-corrected chi connectivity index (χ3v) is 3.67. The van der Waals surface area contributed by atoms with Crippen molar-refractivity contribution in [2.24, 2.45) is 0 Å². The van der Waals surface area contributed by atoms with E-state index in [1.165, 1.54) is 19.3 Å². The molecule has 1 amide bonds. The fraction of sp³-hybridized carbons (Fsp3) is 0.643. The first kappa shape index (κ1) is 13.1. The third-order valence-electron chi connectivity index (χ3n) is 3.67. The molecule has 0 radical (unpaired) electrons. The summed E-state index contributed by atoms with van der Waals surface area (Å²) in [6.07, 6.45) is 7.77. The Labute approximate surface area is 108 Å². The minimum absolute atomic E-state index is 0.174. The highest BCUT2D eigenvalue weighted by molar-refractivity contribution is 5.78. The van der Waals surface area contributed by atoms with E-state index >= 15 is 0 Å². The molecule has 0 aliphatic heterocycles. The molecule has 0 saturated heterocycles. The Balaban J connectivity index is 1.70. The van der Waals surface area contributed by atoms with Gasteiger partial charge in [-0.25, -0.2) is 0 Å². The maximum Gasteiger partial charge on any atom is 0.236 e. The summed E-state index contributed by atoms with van der Waals surface area (Å²) >= 11 is 0. The van der Waals surface area contributed by atoms with Crippen molar-refractivity contribution < 1.29 is 9.21 Å². The van der Waals surface area contributed by atoms with Crippen molar-refractivity contribution >= 4 is 5.91 Å². The smallest absolute Gasteiger partial charge is 0.236 e. The summed E-state index contributed by atoms with van der Waals surface area (Å²) in [5.41, 5.74) is 0. The second-order valence-electron chi connectivity index (χ2n) is 4.98. The second-order valence-corrected chi connectivity index (χ2v) is 4.98. The molecule has 18 heavy (non-hydrogen) atoms. The highest BCUT2D eigenvalue weighted by atomic mass is 16.3. The van der Waals surface area contributed by atoms with Crippen molar-refractivity contribution in [1.29, 1.82) is 0 Å². The van der Waals surface area contributed by atoms with E-state index in [4.69, 9.17) is 4.42 Å². The number of nitrogens with one attached hydrogen (secondary N) is 1. The van der Waals surface area contributed by atoms with Gasteiger partial charge in [-0.2, -0.15) is 0 Å². The van der Waals surface area contributed by atoms with Gasteiger partial charge in [0.1, 0.15) is 5.76 Å². The molecule has 4 nitrogen and oxygen atoms in total. The minimum Gasteiger partial charge on any atom is -0.468 e. The largest absolute Gasteiger partial charge is 0.468 e. The Morgan fingerprint density at radius 2 is 2.22 bits per heavy atom. The fourth-order valence-electron chi connectivity index (χ4n) is 2.50. The molecular weight excluding hydrogens is 228 g/mol. The SMILES string of the molecule is CN(C(=O)CNCc1ccco1)C1CCCCC1. The Morgan fingerprint density at radius 1 is 1.44 bits per heavy atom. The first-order valence-corrected chi connectivity index (χ1v) is 6.76. The number of hydrogen-bond acceptors (Lipinski definition) is 3. The van der Waals surface area contributed by atoms with E-state index in [0.717, 1.165) is 18.6 Å². The van der Waals surface area contributed by atoms with Crippen LogP contribution < -0.4 is 5.32 Å². The van der Waals surface area contributed by atoms with Crippen LogP contribution in [0.3, 0.4) is 0 Å². The zero-order valence-corrected chi connectivity index (χ0v) is 11.0. The predicted molar refractivity (Wildman–Crippen MR) is 70.1 cm³/mol. The zero-order chi connectivity index (χ0) is 12.8. The number of hydrogen-bond donors (Lipinski definition) is 1. The van der Waals surface area contributed by atoms with E-state index in [-0.39, 0.29) is 5.91 Å². The number of nitrogens with zero attached hydrogens (tertiary/aromatic N) is 1. The first-order chi connectivity index (χ1) is 8.77. The summed E-state index contributed by atoms with van der Waals surface area (Å²) in [6.45, 7) is 0.991. The average molecular weight is 250 g/mol. The van der Waals surface area contributed by atoms with Crippen molar-refractivity contribution in [1.82, 2.24) is 10.2 Å². The lowest BCUT2D eigenvalue weighted by atomic mass is 9.94. The molecule has 1 fully saturated rings. The average Bonchev–Trinajstić information content (AvgIpc) is 2.92. The summed E-state index contributed by atoms with van der Waals surface area (Å²) in [4.78, 5) is 13.9. The first-order valence-electron chi connectivity index (χ1n) is 6.76. The molecule has 4 heteroatoms. The van der Waals surface area contributed by atoms with Gasteiger partial charge in [0, 0.05) is 13.1 Å². The van der Waals surface area contributed by atoms with Crippen LogP contribution in [0.4, 0.5) is 0 Å². The van der Waals surface area contributed by atoms with Gasteiger partial charge in [0.2, 0.25) is 5.91 Å². The van der Waals surface area contributed by atoms with Crippen molar-refractivity contribution in [3.8, 4) is 0 Å². The summed E-state index contributed by atoms with van der Waals surface area (Å²) in [5, 5.41) is 3.12. The monoisotopic (exact) mass is 250 g/mol. The van der Waals surface area contributed by atoms with Gasteiger partial charge < -0.3 is 14.6 Å². The van der Waals surface area contributed by atoms with E-state index in [9.17, 15) is 4.79 Å². The molecular formula is C14H22N2O2. The van der Waals surface area contributed by atoms with Gasteiger partial charge in [0.15, 0.2) is 0 Å². The minimum atomic E-state index is 0.174. The van der Waals surface area contributed by atoms with Crippen molar-refractivity contribution in [2.75, 3.05) is 13.6 Å². The molecule has 2 rings (SSSR count). The van der Waals surface area contributed by atoms with Crippen LogP contribution in [0.25, 0.3) is 0 Å². The van der Waals surface area contributed by atoms with Gasteiger partial charge in [-0.3, -0.25) is 4.79 Å². The topological polar surface area (TPSA) is 45.5 Å². The van der Waals surface area contributed by atoms with E-state index in [2.05, 4.69) is 5.32 Å². The third kappa shape index (κ3) is 3.60. The molecule has 0 aromatic carbocycles. The van der Waals surface area contributed by atoms with E-state index in [1.807, 2.05) is 24.1 Å². The van der Waals surface area contributed by atoms with Crippen LogP contribution in [0.2, 0.25) is 0 Å². The number of furan rings is 1. The van der Waals surface area contributed by atoms with Crippen LogP contribution in [0.15, 0.2) is 22.8 Å². The van der Waals surface area contributed by atoms with Crippen molar-refractivity contribution in [3.05, 3.63) is 24.2 Å². The molecule has 1 aliphatic carbocycles. The Morgan fingerprint density at radius 3 is 2.89 bits per heavy atom. The summed E-state index contributed by atoms with van der Waals surface area (Å²) in [6, 6.07) is 4.20. The molecule has 0 unspecified atom stereocenters. The standard InChI is InChI=1S/C14H22N2O2/c1-16(12-6-3-2-4-7-12)14(17)11-15-10-13-8-5-9-18-13/h5,8-9,12,15H,2-4,6-7,10-11H2,1H3. The molecule has 100 valence electrons. The highest BCUT2D eigenvalue weighted by Crippen LogP contribution is 2.21. The summed E-state index contributed by atoms with van der Waals surface area (Å²) in [7, 11) is 1.92. The van der Waals surface area contributed by atoms with Gasteiger partial charge in [-0.05, 0) is 25.0 Å². The fourth-order valence-corrected chi connectivity index (χ4v) is 2.50. The molecule has 1 aromatic heterocycles. The lowest BCUT2D eigenvalue weighted by Crippen LogP contribution is -2.42. The second kappa shape index (κ2) is 6.59. The normalized spacial score (nSPS) is 16.7. The Hall–Kier alpha value is -1.29. The zero-order valence-electron chi connectivity index (χ0n) is 11.0. The van der Waals surface area contributed by atoms with Crippen molar-refractivity contribution in [3.63, 3.8) is 0 Å². The quantitative estimate of drug-likeness (QED) is 0.871. The molecule has 0 bridgehead atoms. The number of likely N-dealkylation sites (N-methyl/N-ethyl adjacent to an activating group) is 1. The molecule has 1 heterocycles. The number of amides is 1. The van der Waals surface area contributed by atoms with Crippen LogP contribution in [0.5, 0.6) is 0 Å². The molecule has 0 spiro atoms. The summed E-state index contributed by atoms with van der Waals surface area (Å²) in [5.74, 6) is 1.04. The van der Waals surface area contributed by atoms with Gasteiger partial charge >= 0.3 is 0 Å². The van der Waals surface area contributed by atoms with Crippen LogP contribution in [-0.2, 0) is 11.3 Å². The molecule has 0 atom stereocenters. The van der Waals surface area contributed by atoms with E-state index in [0.29, 0.717) is 19.1 Å².